The molecule has 1 atom stereocenters. The van der Waals surface area contributed by atoms with Crippen molar-refractivity contribution >= 4 is 5.91 Å². The average molecular weight is 263 g/mol. The molecule has 0 spiro atoms. The Labute approximate surface area is 115 Å². The zero-order chi connectivity index (χ0) is 14.4. The predicted molar refractivity (Wildman–Crippen MR) is 78.2 cm³/mol. The van der Waals surface area contributed by atoms with E-state index in [2.05, 4.69) is 38.0 Å². The lowest BCUT2D eigenvalue weighted by atomic mass is 10.0. The summed E-state index contributed by atoms with van der Waals surface area (Å²) in [7, 11) is 0. The summed E-state index contributed by atoms with van der Waals surface area (Å²) in [5, 5.41) is 0. The van der Waals surface area contributed by atoms with Gasteiger partial charge in [0, 0.05) is 12.6 Å². The SMILES string of the molecule is CC(C)CN(C(C)C)C(C(=O)NN)c1ccccc1. The number of hydrogen-bond donors (Lipinski definition) is 2. The maximum Gasteiger partial charge on any atom is 0.255 e. The highest BCUT2D eigenvalue weighted by atomic mass is 16.2. The Morgan fingerprint density at radius 2 is 1.79 bits per heavy atom. The van der Waals surface area contributed by atoms with E-state index in [1.807, 2.05) is 30.3 Å². The van der Waals surface area contributed by atoms with Gasteiger partial charge in [-0.3, -0.25) is 15.1 Å². The Morgan fingerprint density at radius 1 is 1.21 bits per heavy atom. The molecule has 0 aliphatic heterocycles. The maximum absolute atomic E-state index is 12.2. The summed E-state index contributed by atoms with van der Waals surface area (Å²) in [6.45, 7) is 9.35. The lowest BCUT2D eigenvalue weighted by Crippen LogP contribution is -2.47. The predicted octanol–water partition coefficient (Wildman–Crippen LogP) is 2.08. The minimum atomic E-state index is -0.339. The van der Waals surface area contributed by atoms with Gasteiger partial charge >= 0.3 is 0 Å². The highest BCUT2D eigenvalue weighted by Gasteiger charge is 2.29. The lowest BCUT2D eigenvalue weighted by Gasteiger charge is -2.35. The summed E-state index contributed by atoms with van der Waals surface area (Å²) in [4.78, 5) is 14.3. The molecule has 0 aliphatic carbocycles. The van der Waals surface area contributed by atoms with Gasteiger partial charge in [0.05, 0.1) is 0 Å². The monoisotopic (exact) mass is 263 g/mol. The molecule has 19 heavy (non-hydrogen) atoms. The molecule has 106 valence electrons. The van der Waals surface area contributed by atoms with Crippen LogP contribution in [0, 0.1) is 5.92 Å². The van der Waals surface area contributed by atoms with E-state index in [9.17, 15) is 4.79 Å². The van der Waals surface area contributed by atoms with Gasteiger partial charge in [-0.15, -0.1) is 0 Å². The van der Waals surface area contributed by atoms with Crippen molar-refractivity contribution in [3.8, 4) is 0 Å². The Morgan fingerprint density at radius 3 is 2.21 bits per heavy atom. The van der Waals surface area contributed by atoms with Crippen molar-refractivity contribution in [3.05, 3.63) is 35.9 Å². The number of nitrogens with one attached hydrogen (secondary N) is 1. The van der Waals surface area contributed by atoms with Gasteiger partial charge in [-0.05, 0) is 25.3 Å². The molecule has 0 fully saturated rings. The number of benzene rings is 1. The van der Waals surface area contributed by atoms with Crippen LogP contribution in [0.3, 0.4) is 0 Å². The Bertz CT molecular complexity index is 390. The van der Waals surface area contributed by atoms with Crippen molar-refractivity contribution in [2.24, 2.45) is 11.8 Å². The van der Waals surface area contributed by atoms with Gasteiger partial charge < -0.3 is 0 Å². The van der Waals surface area contributed by atoms with Gasteiger partial charge in [-0.1, -0.05) is 44.2 Å². The molecular weight excluding hydrogens is 238 g/mol. The van der Waals surface area contributed by atoms with Gasteiger partial charge in [-0.2, -0.15) is 0 Å². The van der Waals surface area contributed by atoms with Crippen LogP contribution in [0.25, 0.3) is 0 Å². The highest BCUT2D eigenvalue weighted by molar-refractivity contribution is 5.82. The summed E-state index contributed by atoms with van der Waals surface area (Å²) in [5.41, 5.74) is 3.26. The van der Waals surface area contributed by atoms with Crippen molar-refractivity contribution in [2.75, 3.05) is 6.54 Å². The molecule has 0 bridgehead atoms. The second kappa shape index (κ2) is 7.26. The van der Waals surface area contributed by atoms with E-state index in [1.165, 1.54) is 0 Å². The molecule has 0 aromatic heterocycles. The fourth-order valence-electron chi connectivity index (χ4n) is 2.24. The third kappa shape index (κ3) is 4.33. The Hall–Kier alpha value is -1.39. The molecule has 0 saturated heterocycles. The largest absolute Gasteiger partial charge is 0.293 e. The molecule has 1 amide bonds. The molecule has 4 heteroatoms. The maximum atomic E-state index is 12.2. The van der Waals surface area contributed by atoms with Gasteiger partial charge in [0.25, 0.3) is 5.91 Å². The average Bonchev–Trinajstić information content (AvgIpc) is 2.38. The number of nitrogens with zero attached hydrogens (tertiary/aromatic N) is 1. The van der Waals surface area contributed by atoms with Crippen molar-refractivity contribution in [2.45, 2.75) is 39.8 Å². The van der Waals surface area contributed by atoms with Crippen LogP contribution >= 0.6 is 0 Å². The molecule has 1 rings (SSSR count). The van der Waals surface area contributed by atoms with Crippen LogP contribution in [0.1, 0.15) is 39.3 Å². The second-order valence-corrected chi connectivity index (χ2v) is 5.51. The third-order valence-electron chi connectivity index (χ3n) is 3.08. The zero-order valence-electron chi connectivity index (χ0n) is 12.3. The normalized spacial score (nSPS) is 13.1. The first-order valence-electron chi connectivity index (χ1n) is 6.78. The minimum Gasteiger partial charge on any atom is -0.293 e. The summed E-state index contributed by atoms with van der Waals surface area (Å²) in [6.07, 6.45) is 0. The van der Waals surface area contributed by atoms with E-state index in [0.717, 1.165) is 12.1 Å². The topological polar surface area (TPSA) is 58.4 Å². The van der Waals surface area contributed by atoms with Gasteiger partial charge in [0.2, 0.25) is 0 Å². The summed E-state index contributed by atoms with van der Waals surface area (Å²) < 4.78 is 0. The molecule has 0 radical (unpaired) electrons. The Balaban J connectivity index is 3.10. The summed E-state index contributed by atoms with van der Waals surface area (Å²) in [5.74, 6) is 5.67. The molecule has 0 heterocycles. The van der Waals surface area contributed by atoms with Gasteiger partial charge in [-0.25, -0.2) is 5.84 Å². The Kier molecular flexibility index (Phi) is 5.99. The van der Waals surface area contributed by atoms with E-state index in [1.54, 1.807) is 0 Å². The lowest BCUT2D eigenvalue weighted by molar-refractivity contribution is -0.127. The van der Waals surface area contributed by atoms with E-state index >= 15 is 0 Å². The standard InChI is InChI=1S/C15H25N3O/c1-11(2)10-18(12(3)4)14(15(19)17-16)13-8-6-5-7-9-13/h5-9,11-12,14H,10,16H2,1-4H3,(H,17,19). The highest BCUT2D eigenvalue weighted by Crippen LogP contribution is 2.24. The third-order valence-corrected chi connectivity index (χ3v) is 3.08. The molecule has 1 aromatic rings. The van der Waals surface area contributed by atoms with Crippen molar-refractivity contribution in [1.29, 1.82) is 0 Å². The van der Waals surface area contributed by atoms with Crippen molar-refractivity contribution in [1.82, 2.24) is 10.3 Å². The molecule has 1 unspecified atom stereocenters. The van der Waals surface area contributed by atoms with Crippen LogP contribution in [0.5, 0.6) is 0 Å². The molecule has 1 aromatic carbocycles. The number of carbonyl (C=O) groups excluding carboxylic acids is 1. The number of rotatable bonds is 6. The molecule has 0 saturated carbocycles. The number of hydrogen-bond acceptors (Lipinski definition) is 3. The van der Waals surface area contributed by atoms with Crippen molar-refractivity contribution < 1.29 is 4.79 Å². The molecule has 0 aliphatic rings. The van der Waals surface area contributed by atoms with Crippen molar-refractivity contribution in [3.63, 3.8) is 0 Å². The molecular formula is C15H25N3O. The quantitative estimate of drug-likeness (QED) is 0.469. The van der Waals surface area contributed by atoms with E-state index in [0.29, 0.717) is 5.92 Å². The smallest absolute Gasteiger partial charge is 0.255 e. The number of carbonyl (C=O) groups is 1. The second-order valence-electron chi connectivity index (χ2n) is 5.51. The minimum absolute atomic E-state index is 0.166. The summed E-state index contributed by atoms with van der Waals surface area (Å²) >= 11 is 0. The van der Waals surface area contributed by atoms with Crippen LogP contribution in [-0.2, 0) is 4.79 Å². The first-order valence-corrected chi connectivity index (χ1v) is 6.78. The van der Waals surface area contributed by atoms with Gasteiger partial charge in [0.15, 0.2) is 0 Å². The molecule has 3 N–H and O–H groups in total. The summed E-state index contributed by atoms with van der Waals surface area (Å²) in [6, 6.07) is 9.70. The van der Waals surface area contributed by atoms with Gasteiger partial charge in [0.1, 0.15) is 6.04 Å². The van der Waals surface area contributed by atoms with Crippen LogP contribution in [0.4, 0.5) is 0 Å². The van der Waals surface area contributed by atoms with Crippen LogP contribution in [0.2, 0.25) is 0 Å². The fourth-order valence-corrected chi connectivity index (χ4v) is 2.24. The van der Waals surface area contributed by atoms with Crippen LogP contribution in [0.15, 0.2) is 30.3 Å². The van der Waals surface area contributed by atoms with E-state index in [-0.39, 0.29) is 18.0 Å². The van der Waals surface area contributed by atoms with E-state index in [4.69, 9.17) is 5.84 Å². The van der Waals surface area contributed by atoms with E-state index < -0.39 is 0 Å². The van der Waals surface area contributed by atoms with Crippen LogP contribution < -0.4 is 11.3 Å². The van der Waals surface area contributed by atoms with Crippen LogP contribution in [-0.4, -0.2) is 23.4 Å². The first kappa shape index (κ1) is 15.7. The number of nitrogens with two attached hydrogens (primary N) is 1. The zero-order valence-corrected chi connectivity index (χ0v) is 12.3. The fraction of sp³-hybridized carbons (Fsp3) is 0.533. The number of hydrazine groups is 1. The molecule has 4 nitrogen and oxygen atoms in total. The number of amides is 1. The first-order chi connectivity index (χ1) is 8.97.